The lowest BCUT2D eigenvalue weighted by atomic mass is 10.1. The predicted octanol–water partition coefficient (Wildman–Crippen LogP) is 5.76. The van der Waals surface area contributed by atoms with Gasteiger partial charge in [-0.15, -0.1) is 11.8 Å². The van der Waals surface area contributed by atoms with Crippen LogP contribution in [0.5, 0.6) is 11.5 Å². The number of hydrogen-bond acceptors (Lipinski definition) is 11. The first-order valence-corrected chi connectivity index (χ1v) is 14.1. The highest BCUT2D eigenvalue weighted by atomic mass is 32.2. The van der Waals surface area contributed by atoms with Crippen molar-refractivity contribution < 1.29 is 37.4 Å². The summed E-state index contributed by atoms with van der Waals surface area (Å²) in [5, 5.41) is 4.05. The predicted molar refractivity (Wildman–Crippen MR) is 152 cm³/mol. The first-order chi connectivity index (χ1) is 19.9. The van der Waals surface area contributed by atoms with Crippen LogP contribution in [0.1, 0.15) is 30.7 Å². The highest BCUT2D eigenvalue weighted by molar-refractivity contribution is 8.15. The molecule has 1 saturated heterocycles. The Morgan fingerprint density at radius 2 is 1.98 bits per heavy atom. The smallest absolute Gasteiger partial charge is 0.434 e. The first-order valence-electron chi connectivity index (χ1n) is 12.9. The van der Waals surface area contributed by atoms with Crippen LogP contribution < -0.4 is 9.47 Å². The van der Waals surface area contributed by atoms with Crippen molar-refractivity contribution in [3.05, 3.63) is 53.7 Å². The second kappa shape index (κ2) is 14.7. The number of rotatable bonds is 10. The molecular formula is C28H31FN4O7S. The van der Waals surface area contributed by atoms with Gasteiger partial charge in [-0.1, -0.05) is 5.16 Å². The van der Waals surface area contributed by atoms with E-state index in [-0.39, 0.29) is 41.6 Å². The number of aliphatic imine (C=N–C) groups is 2. The summed E-state index contributed by atoms with van der Waals surface area (Å²) in [6.45, 7) is 2.65. The SMILES string of the molecule is COC(=O)/N=C(\SC)C(=Nc1ccc(-c2noc(C)n2)cc1)c1cc(OC)cc(OCCOC2CCCCO2)c1F. The number of benzene rings is 2. The van der Waals surface area contributed by atoms with Gasteiger partial charge in [-0.25, -0.2) is 14.2 Å². The Labute approximate surface area is 241 Å². The summed E-state index contributed by atoms with van der Waals surface area (Å²) in [5.74, 6) is 0.413. The van der Waals surface area contributed by atoms with Gasteiger partial charge >= 0.3 is 6.09 Å². The van der Waals surface area contributed by atoms with Crippen molar-refractivity contribution in [3.8, 4) is 22.9 Å². The van der Waals surface area contributed by atoms with Crippen LogP contribution in [-0.2, 0) is 14.2 Å². The zero-order valence-electron chi connectivity index (χ0n) is 23.2. The minimum absolute atomic E-state index is 0.0192. The lowest BCUT2D eigenvalue weighted by molar-refractivity contribution is -0.165. The molecule has 0 spiro atoms. The van der Waals surface area contributed by atoms with Crippen molar-refractivity contribution in [1.29, 1.82) is 0 Å². The molecule has 2 aromatic carbocycles. The summed E-state index contributed by atoms with van der Waals surface area (Å²) in [6.07, 6.45) is 3.41. The van der Waals surface area contributed by atoms with Gasteiger partial charge in [0.2, 0.25) is 11.7 Å². The van der Waals surface area contributed by atoms with Crippen molar-refractivity contribution in [3.63, 3.8) is 0 Å². The molecule has 1 aliphatic rings. The summed E-state index contributed by atoms with van der Waals surface area (Å²) in [5.41, 5.74) is 1.27. The molecule has 1 fully saturated rings. The van der Waals surface area contributed by atoms with Gasteiger partial charge in [-0.2, -0.15) is 9.98 Å². The molecule has 1 aromatic heterocycles. The van der Waals surface area contributed by atoms with E-state index in [1.165, 1.54) is 26.4 Å². The Hall–Kier alpha value is -3.81. The molecule has 3 aromatic rings. The third-order valence-corrected chi connectivity index (χ3v) is 6.61. The zero-order valence-corrected chi connectivity index (χ0v) is 24.0. The van der Waals surface area contributed by atoms with Gasteiger partial charge in [-0.3, -0.25) is 0 Å². The fraction of sp³-hybridized carbons (Fsp3) is 0.393. The first kappa shape index (κ1) is 30.2. The number of hydrogen-bond donors (Lipinski definition) is 0. The van der Waals surface area contributed by atoms with Gasteiger partial charge in [-0.05, 0) is 55.9 Å². The topological polar surface area (TPSA) is 127 Å². The van der Waals surface area contributed by atoms with Crippen LogP contribution in [-0.4, -0.2) is 73.6 Å². The number of halogens is 1. The van der Waals surface area contributed by atoms with E-state index in [1.54, 1.807) is 37.4 Å². The van der Waals surface area contributed by atoms with Crippen LogP contribution in [0.15, 0.2) is 50.9 Å². The minimum atomic E-state index is -0.855. The number of amides is 1. The van der Waals surface area contributed by atoms with E-state index in [9.17, 15) is 4.79 Å². The van der Waals surface area contributed by atoms with Crippen LogP contribution in [0.4, 0.5) is 14.9 Å². The Morgan fingerprint density at radius 1 is 1.17 bits per heavy atom. The third kappa shape index (κ3) is 8.12. The van der Waals surface area contributed by atoms with E-state index in [0.29, 0.717) is 35.3 Å². The van der Waals surface area contributed by atoms with E-state index in [2.05, 4.69) is 20.1 Å². The molecule has 4 rings (SSSR count). The molecule has 13 heteroatoms. The van der Waals surface area contributed by atoms with Gasteiger partial charge < -0.3 is 28.2 Å². The maximum Gasteiger partial charge on any atom is 0.434 e. The second-order valence-electron chi connectivity index (χ2n) is 8.74. The summed E-state index contributed by atoms with van der Waals surface area (Å²) in [7, 11) is 2.66. The van der Waals surface area contributed by atoms with Gasteiger partial charge in [0.15, 0.2) is 17.9 Å². The number of aryl methyl sites for hydroxylation is 1. The summed E-state index contributed by atoms with van der Waals surface area (Å²) < 4.78 is 48.2. The molecule has 1 atom stereocenters. The van der Waals surface area contributed by atoms with Crippen molar-refractivity contribution in [1.82, 2.24) is 10.1 Å². The van der Waals surface area contributed by atoms with E-state index < -0.39 is 11.9 Å². The van der Waals surface area contributed by atoms with Crippen LogP contribution in [0, 0.1) is 12.7 Å². The van der Waals surface area contributed by atoms with E-state index in [4.69, 9.17) is 28.2 Å². The van der Waals surface area contributed by atoms with Crippen molar-refractivity contribution >= 4 is 34.3 Å². The number of aromatic nitrogens is 2. The van der Waals surface area contributed by atoms with Gasteiger partial charge in [0, 0.05) is 30.7 Å². The fourth-order valence-electron chi connectivity index (χ4n) is 3.92. The van der Waals surface area contributed by atoms with E-state index in [1.807, 2.05) is 0 Å². The molecule has 0 radical (unpaired) electrons. The summed E-state index contributed by atoms with van der Waals surface area (Å²) in [6, 6.07) is 9.82. The van der Waals surface area contributed by atoms with Crippen LogP contribution in [0.25, 0.3) is 11.4 Å². The normalized spacial score (nSPS) is 16.0. The van der Waals surface area contributed by atoms with Gasteiger partial charge in [0.1, 0.15) is 23.1 Å². The molecule has 0 saturated carbocycles. The molecular weight excluding hydrogens is 555 g/mol. The number of ether oxygens (including phenoxy) is 5. The fourth-order valence-corrected chi connectivity index (χ4v) is 4.43. The quantitative estimate of drug-likeness (QED) is 0.164. The monoisotopic (exact) mass is 586 g/mol. The molecule has 218 valence electrons. The maximum atomic E-state index is 16.0. The Balaban J connectivity index is 1.67. The number of methoxy groups -OCH3 is 2. The largest absolute Gasteiger partial charge is 0.497 e. The highest BCUT2D eigenvalue weighted by Crippen LogP contribution is 2.31. The second-order valence-corrected chi connectivity index (χ2v) is 9.53. The van der Waals surface area contributed by atoms with Gasteiger partial charge in [0.25, 0.3) is 0 Å². The molecule has 0 N–H and O–H groups in total. The molecule has 11 nitrogen and oxygen atoms in total. The number of thioether (sulfide) groups is 1. The van der Waals surface area contributed by atoms with E-state index >= 15 is 4.39 Å². The average Bonchev–Trinajstić information content (AvgIpc) is 3.44. The lowest BCUT2D eigenvalue weighted by Crippen LogP contribution is -2.24. The lowest BCUT2D eigenvalue weighted by Gasteiger charge is -2.22. The number of carbonyl (C=O) groups excluding carboxylic acids is 1. The van der Waals surface area contributed by atoms with Crippen molar-refractivity contribution in [2.45, 2.75) is 32.5 Å². The zero-order chi connectivity index (χ0) is 29.2. The van der Waals surface area contributed by atoms with E-state index in [0.717, 1.165) is 31.0 Å². The summed E-state index contributed by atoms with van der Waals surface area (Å²) in [4.78, 5) is 24.9. The molecule has 1 unspecified atom stereocenters. The molecule has 1 aliphatic heterocycles. The van der Waals surface area contributed by atoms with Crippen LogP contribution >= 0.6 is 11.8 Å². The summed E-state index contributed by atoms with van der Waals surface area (Å²) >= 11 is 1.11. The molecule has 0 aliphatic carbocycles. The Kier molecular flexibility index (Phi) is 10.8. The number of carbonyl (C=O) groups is 1. The molecule has 2 heterocycles. The van der Waals surface area contributed by atoms with Crippen molar-refractivity contribution in [2.75, 3.05) is 40.3 Å². The average molecular weight is 587 g/mol. The number of nitrogens with zero attached hydrogens (tertiary/aromatic N) is 4. The maximum absolute atomic E-state index is 16.0. The highest BCUT2D eigenvalue weighted by Gasteiger charge is 2.23. The van der Waals surface area contributed by atoms with Gasteiger partial charge in [0.05, 0.1) is 26.5 Å². The molecule has 41 heavy (non-hydrogen) atoms. The minimum Gasteiger partial charge on any atom is -0.497 e. The van der Waals surface area contributed by atoms with Crippen molar-refractivity contribution in [2.24, 2.45) is 9.98 Å². The molecule has 1 amide bonds. The Morgan fingerprint density at radius 3 is 2.61 bits per heavy atom. The standard InChI is InChI=1S/C28H31FN4O7S/c1-17-30-26(33-40-17)18-8-10-19(11-9-18)31-25(27(41-4)32-28(34)36-3)21-15-20(35-2)16-22(24(21)29)37-13-14-39-23-7-5-6-12-38-23/h8-11,15-16,23H,5-7,12-14H2,1-4H3/b31-25?,32-27-. The third-order valence-electron chi connectivity index (χ3n) is 5.94. The Bertz CT molecular complexity index is 1390. The van der Waals surface area contributed by atoms with Crippen LogP contribution in [0.2, 0.25) is 0 Å². The molecule has 0 bridgehead atoms. The van der Waals surface area contributed by atoms with Crippen LogP contribution in [0.3, 0.4) is 0 Å².